The molecule has 4 nitrogen and oxygen atoms in total. The maximum Gasteiger partial charge on any atom is 0.225 e. The third-order valence-corrected chi connectivity index (χ3v) is 4.51. The summed E-state index contributed by atoms with van der Waals surface area (Å²) < 4.78 is 5.18. The van der Waals surface area contributed by atoms with Crippen LogP contribution in [0.4, 0.5) is 0 Å². The van der Waals surface area contributed by atoms with Gasteiger partial charge in [-0.2, -0.15) is 0 Å². The maximum atomic E-state index is 12.0. The number of amides is 1. The summed E-state index contributed by atoms with van der Waals surface area (Å²) in [6, 6.07) is 7.74. The smallest absolute Gasteiger partial charge is 0.225 e. The van der Waals surface area contributed by atoms with Gasteiger partial charge in [-0.25, -0.2) is 0 Å². The second-order valence-electron chi connectivity index (χ2n) is 6.69. The van der Waals surface area contributed by atoms with Gasteiger partial charge in [0.2, 0.25) is 5.91 Å². The highest BCUT2D eigenvalue weighted by molar-refractivity contribution is 5.82. The number of ether oxygens (including phenoxy) is 1. The first kappa shape index (κ1) is 16.8. The van der Waals surface area contributed by atoms with E-state index in [1.807, 2.05) is 24.3 Å². The number of benzene rings is 1. The highest BCUT2D eigenvalue weighted by Crippen LogP contribution is 2.33. The van der Waals surface area contributed by atoms with Crippen LogP contribution in [0.15, 0.2) is 24.3 Å². The Morgan fingerprint density at radius 3 is 2.32 bits per heavy atom. The molecule has 1 unspecified atom stereocenters. The van der Waals surface area contributed by atoms with Crippen LogP contribution in [0.2, 0.25) is 0 Å². The first-order valence-electron chi connectivity index (χ1n) is 8.17. The zero-order valence-electron chi connectivity index (χ0n) is 13.9. The summed E-state index contributed by atoms with van der Waals surface area (Å²) in [6.45, 7) is 7.74. The molecule has 122 valence electrons. The van der Waals surface area contributed by atoms with Crippen LogP contribution >= 0.6 is 0 Å². The molecule has 1 aromatic carbocycles. The predicted octanol–water partition coefficient (Wildman–Crippen LogP) is 2.63. The Hall–Kier alpha value is -1.55. The molecule has 1 amide bonds. The Morgan fingerprint density at radius 2 is 1.86 bits per heavy atom. The van der Waals surface area contributed by atoms with E-state index in [2.05, 4.69) is 18.7 Å². The number of piperidine rings is 1. The second-order valence-corrected chi connectivity index (χ2v) is 6.69. The fourth-order valence-corrected chi connectivity index (χ4v) is 3.47. The van der Waals surface area contributed by atoms with Gasteiger partial charge in [0.25, 0.3) is 0 Å². The molecule has 0 aromatic heterocycles. The first-order chi connectivity index (χ1) is 10.5. The number of primary amides is 1. The van der Waals surface area contributed by atoms with Gasteiger partial charge in [0, 0.05) is 6.54 Å². The van der Waals surface area contributed by atoms with E-state index in [4.69, 9.17) is 10.5 Å². The zero-order valence-corrected chi connectivity index (χ0v) is 13.9. The largest absolute Gasteiger partial charge is 0.497 e. The fourth-order valence-electron chi connectivity index (χ4n) is 3.47. The van der Waals surface area contributed by atoms with Crippen molar-refractivity contribution in [1.82, 2.24) is 4.90 Å². The van der Waals surface area contributed by atoms with E-state index in [1.165, 1.54) is 0 Å². The number of rotatable bonds is 6. The quantitative estimate of drug-likeness (QED) is 0.879. The summed E-state index contributed by atoms with van der Waals surface area (Å²) in [5, 5.41) is 0. The second kappa shape index (κ2) is 7.63. The van der Waals surface area contributed by atoms with Crippen LogP contribution in [0, 0.1) is 11.8 Å². The predicted molar refractivity (Wildman–Crippen MR) is 88.9 cm³/mol. The molecule has 2 N–H and O–H groups in total. The highest BCUT2D eigenvalue weighted by Gasteiger charge is 2.31. The molecule has 0 radical (unpaired) electrons. The molecule has 0 saturated carbocycles. The molecule has 0 bridgehead atoms. The molecule has 1 heterocycles. The Kier molecular flexibility index (Phi) is 5.83. The number of nitrogens with zero attached hydrogens (tertiary/aromatic N) is 1. The Morgan fingerprint density at radius 1 is 1.27 bits per heavy atom. The van der Waals surface area contributed by atoms with Crippen LogP contribution in [0.1, 0.15) is 38.2 Å². The van der Waals surface area contributed by atoms with Crippen LogP contribution in [0.5, 0.6) is 5.75 Å². The number of nitrogens with two attached hydrogens (primary N) is 1. The van der Waals surface area contributed by atoms with Crippen LogP contribution in [-0.4, -0.2) is 37.6 Å². The lowest BCUT2D eigenvalue weighted by atomic mass is 9.79. The lowest BCUT2D eigenvalue weighted by molar-refractivity contribution is -0.121. The topological polar surface area (TPSA) is 55.6 Å². The molecular weight excluding hydrogens is 276 g/mol. The molecule has 0 aliphatic carbocycles. The molecule has 2 rings (SSSR count). The van der Waals surface area contributed by atoms with E-state index in [-0.39, 0.29) is 11.8 Å². The normalized spacial score (nSPS) is 18.4. The van der Waals surface area contributed by atoms with Gasteiger partial charge in [-0.3, -0.25) is 4.79 Å². The van der Waals surface area contributed by atoms with Crippen LogP contribution in [-0.2, 0) is 4.79 Å². The standard InChI is InChI=1S/C18H28N2O2/c1-13(2)12-20-10-8-15(9-11-20)17(18(19)21)14-4-6-16(22-3)7-5-14/h4-7,13,15,17H,8-12H2,1-3H3,(H2,19,21). The number of carbonyl (C=O) groups excluding carboxylic acids is 1. The summed E-state index contributed by atoms with van der Waals surface area (Å²) in [4.78, 5) is 14.5. The minimum absolute atomic E-state index is 0.188. The van der Waals surface area contributed by atoms with E-state index >= 15 is 0 Å². The molecule has 1 saturated heterocycles. The van der Waals surface area contributed by atoms with Gasteiger partial charge in [0.15, 0.2) is 0 Å². The SMILES string of the molecule is COc1ccc(C(C(N)=O)C2CCN(CC(C)C)CC2)cc1. The number of carbonyl (C=O) groups is 1. The summed E-state index contributed by atoms with van der Waals surface area (Å²) >= 11 is 0. The van der Waals surface area contributed by atoms with E-state index in [0.717, 1.165) is 43.8 Å². The number of hydrogen-bond donors (Lipinski definition) is 1. The average molecular weight is 304 g/mol. The lowest BCUT2D eigenvalue weighted by Crippen LogP contribution is -2.40. The zero-order chi connectivity index (χ0) is 16.1. The van der Waals surface area contributed by atoms with Crippen molar-refractivity contribution in [1.29, 1.82) is 0 Å². The van der Waals surface area contributed by atoms with Crippen molar-refractivity contribution in [2.24, 2.45) is 17.6 Å². The monoisotopic (exact) mass is 304 g/mol. The van der Waals surface area contributed by atoms with Gasteiger partial charge < -0.3 is 15.4 Å². The molecule has 4 heteroatoms. The van der Waals surface area contributed by atoms with Gasteiger partial charge >= 0.3 is 0 Å². The van der Waals surface area contributed by atoms with Crippen LogP contribution in [0.25, 0.3) is 0 Å². The number of methoxy groups -OCH3 is 1. The molecule has 1 aliphatic heterocycles. The Bertz CT molecular complexity index is 476. The molecule has 1 atom stereocenters. The first-order valence-corrected chi connectivity index (χ1v) is 8.17. The van der Waals surface area contributed by atoms with Gasteiger partial charge in [-0.05, 0) is 55.5 Å². The van der Waals surface area contributed by atoms with E-state index < -0.39 is 0 Å². The van der Waals surface area contributed by atoms with Crippen molar-refractivity contribution in [2.75, 3.05) is 26.7 Å². The van der Waals surface area contributed by atoms with Crippen molar-refractivity contribution in [3.63, 3.8) is 0 Å². The van der Waals surface area contributed by atoms with Gasteiger partial charge in [0.05, 0.1) is 13.0 Å². The van der Waals surface area contributed by atoms with Crippen molar-refractivity contribution >= 4 is 5.91 Å². The third kappa shape index (κ3) is 4.23. The lowest BCUT2D eigenvalue weighted by Gasteiger charge is -2.36. The summed E-state index contributed by atoms with van der Waals surface area (Å²) in [6.07, 6.45) is 2.07. The van der Waals surface area contributed by atoms with Crippen molar-refractivity contribution in [3.8, 4) is 5.75 Å². The van der Waals surface area contributed by atoms with Crippen molar-refractivity contribution in [2.45, 2.75) is 32.6 Å². The van der Waals surface area contributed by atoms with E-state index in [0.29, 0.717) is 11.8 Å². The molecular formula is C18H28N2O2. The average Bonchev–Trinajstić information content (AvgIpc) is 2.49. The van der Waals surface area contributed by atoms with E-state index in [9.17, 15) is 4.79 Å². The van der Waals surface area contributed by atoms with E-state index in [1.54, 1.807) is 7.11 Å². The molecule has 22 heavy (non-hydrogen) atoms. The summed E-state index contributed by atoms with van der Waals surface area (Å²) in [5.74, 6) is 1.43. The molecule has 1 fully saturated rings. The van der Waals surface area contributed by atoms with Crippen LogP contribution < -0.4 is 10.5 Å². The number of hydrogen-bond acceptors (Lipinski definition) is 3. The number of likely N-dealkylation sites (tertiary alicyclic amines) is 1. The summed E-state index contributed by atoms with van der Waals surface area (Å²) in [5.41, 5.74) is 6.71. The maximum absolute atomic E-state index is 12.0. The van der Waals surface area contributed by atoms with Gasteiger partial charge in [-0.1, -0.05) is 26.0 Å². The van der Waals surface area contributed by atoms with Crippen molar-refractivity contribution < 1.29 is 9.53 Å². The molecule has 1 aromatic rings. The molecule has 1 aliphatic rings. The van der Waals surface area contributed by atoms with Gasteiger partial charge in [-0.15, -0.1) is 0 Å². The van der Waals surface area contributed by atoms with Crippen LogP contribution in [0.3, 0.4) is 0 Å². The van der Waals surface area contributed by atoms with Crippen molar-refractivity contribution in [3.05, 3.63) is 29.8 Å². The Labute approximate surface area is 133 Å². The minimum atomic E-state index is -0.215. The summed E-state index contributed by atoms with van der Waals surface area (Å²) in [7, 11) is 1.64. The fraction of sp³-hybridized carbons (Fsp3) is 0.611. The van der Waals surface area contributed by atoms with Gasteiger partial charge in [0.1, 0.15) is 5.75 Å². The third-order valence-electron chi connectivity index (χ3n) is 4.51. The Balaban J connectivity index is 2.04. The highest BCUT2D eigenvalue weighted by atomic mass is 16.5. The molecule has 0 spiro atoms. The minimum Gasteiger partial charge on any atom is -0.497 e.